The number of rotatable bonds is 7. The standard InChI is InChI=1S/C25H22N2O3/c1-18-14-23(19(2)27(18)16-22-6-4-3-5-7-22)24(28)17-30-25(29)13-12-20-8-10-21(15-26)11-9-20/h3-14H,16-17H2,1-2H3/b13-12+. The quantitative estimate of drug-likeness (QED) is 0.335. The number of nitriles is 1. The number of carbonyl (C=O) groups is 2. The second kappa shape index (κ2) is 9.53. The first-order chi connectivity index (χ1) is 14.5. The lowest BCUT2D eigenvalue weighted by Gasteiger charge is -2.10. The van der Waals surface area contributed by atoms with Crippen LogP contribution >= 0.6 is 0 Å². The Balaban J connectivity index is 1.60. The summed E-state index contributed by atoms with van der Waals surface area (Å²) in [5.74, 6) is -0.826. The molecular formula is C25H22N2O3. The molecule has 1 heterocycles. The van der Waals surface area contributed by atoms with Crippen molar-refractivity contribution in [2.24, 2.45) is 0 Å². The Hall–Kier alpha value is -3.91. The van der Waals surface area contributed by atoms with E-state index in [9.17, 15) is 9.59 Å². The molecule has 0 fully saturated rings. The minimum Gasteiger partial charge on any atom is -0.454 e. The van der Waals surface area contributed by atoms with E-state index >= 15 is 0 Å². The molecule has 0 atom stereocenters. The van der Waals surface area contributed by atoms with Crippen molar-refractivity contribution in [2.75, 3.05) is 6.61 Å². The molecule has 3 rings (SSSR count). The Morgan fingerprint density at radius 3 is 2.43 bits per heavy atom. The van der Waals surface area contributed by atoms with Gasteiger partial charge in [0.05, 0.1) is 11.6 Å². The van der Waals surface area contributed by atoms with Crippen LogP contribution in [-0.4, -0.2) is 22.9 Å². The van der Waals surface area contributed by atoms with Crippen molar-refractivity contribution < 1.29 is 14.3 Å². The fourth-order valence-corrected chi connectivity index (χ4v) is 3.19. The predicted molar refractivity (Wildman–Crippen MR) is 115 cm³/mol. The molecule has 3 aromatic rings. The van der Waals surface area contributed by atoms with E-state index in [2.05, 4.69) is 4.57 Å². The first kappa shape index (κ1) is 20.8. The molecule has 150 valence electrons. The van der Waals surface area contributed by atoms with Crippen LogP contribution in [0.25, 0.3) is 6.08 Å². The van der Waals surface area contributed by atoms with E-state index in [1.165, 1.54) is 6.08 Å². The fraction of sp³-hybridized carbons (Fsp3) is 0.160. The summed E-state index contributed by atoms with van der Waals surface area (Å²) >= 11 is 0. The Morgan fingerprint density at radius 2 is 1.77 bits per heavy atom. The average molecular weight is 398 g/mol. The SMILES string of the molecule is Cc1cc(C(=O)COC(=O)/C=C/c2ccc(C#N)cc2)c(C)n1Cc1ccccc1. The van der Waals surface area contributed by atoms with E-state index in [1.54, 1.807) is 30.3 Å². The summed E-state index contributed by atoms with van der Waals surface area (Å²) in [7, 11) is 0. The summed E-state index contributed by atoms with van der Waals surface area (Å²) in [6.07, 6.45) is 2.85. The molecule has 1 aromatic heterocycles. The Kier molecular flexibility index (Phi) is 6.61. The van der Waals surface area contributed by atoms with Gasteiger partial charge in [0.15, 0.2) is 6.61 Å². The number of esters is 1. The van der Waals surface area contributed by atoms with Crippen LogP contribution in [0.2, 0.25) is 0 Å². The van der Waals surface area contributed by atoms with Gasteiger partial charge in [0.2, 0.25) is 5.78 Å². The first-order valence-corrected chi connectivity index (χ1v) is 9.57. The minimum absolute atomic E-state index is 0.234. The maximum Gasteiger partial charge on any atom is 0.331 e. The van der Waals surface area contributed by atoms with Gasteiger partial charge in [-0.3, -0.25) is 4.79 Å². The van der Waals surface area contributed by atoms with Crippen LogP contribution in [0.1, 0.15) is 38.4 Å². The van der Waals surface area contributed by atoms with Crippen molar-refractivity contribution in [2.45, 2.75) is 20.4 Å². The summed E-state index contributed by atoms with van der Waals surface area (Å²) in [6, 6.07) is 20.7. The molecule has 0 saturated carbocycles. The highest BCUT2D eigenvalue weighted by atomic mass is 16.5. The van der Waals surface area contributed by atoms with Crippen LogP contribution in [-0.2, 0) is 16.1 Å². The summed E-state index contributed by atoms with van der Waals surface area (Å²) in [6.45, 7) is 4.22. The van der Waals surface area contributed by atoms with Gasteiger partial charge in [-0.15, -0.1) is 0 Å². The van der Waals surface area contributed by atoms with E-state index in [4.69, 9.17) is 10.00 Å². The largest absolute Gasteiger partial charge is 0.454 e. The summed E-state index contributed by atoms with van der Waals surface area (Å²) < 4.78 is 7.19. The van der Waals surface area contributed by atoms with E-state index in [0.29, 0.717) is 17.7 Å². The van der Waals surface area contributed by atoms with Crippen LogP contribution in [0, 0.1) is 25.2 Å². The number of aromatic nitrogens is 1. The third-order valence-corrected chi connectivity index (χ3v) is 4.85. The zero-order valence-electron chi connectivity index (χ0n) is 17.0. The number of aryl methyl sites for hydroxylation is 1. The number of ketones is 1. The number of carbonyl (C=O) groups excluding carboxylic acids is 2. The molecule has 0 aliphatic rings. The normalized spacial score (nSPS) is 10.7. The van der Waals surface area contributed by atoms with Gasteiger partial charge in [-0.25, -0.2) is 4.79 Å². The highest BCUT2D eigenvalue weighted by Crippen LogP contribution is 2.18. The van der Waals surface area contributed by atoms with E-state index in [-0.39, 0.29) is 12.4 Å². The zero-order valence-corrected chi connectivity index (χ0v) is 17.0. The molecule has 0 amide bonds. The summed E-state index contributed by atoms with van der Waals surface area (Å²) in [4.78, 5) is 24.5. The maximum atomic E-state index is 12.6. The highest BCUT2D eigenvalue weighted by molar-refractivity contribution is 6.00. The molecule has 2 aromatic carbocycles. The van der Waals surface area contributed by atoms with Crippen LogP contribution in [0.4, 0.5) is 0 Å². The third kappa shape index (κ3) is 5.12. The molecule has 0 aliphatic heterocycles. The molecule has 0 spiro atoms. The monoisotopic (exact) mass is 398 g/mol. The van der Waals surface area contributed by atoms with Gasteiger partial charge in [0.25, 0.3) is 0 Å². The van der Waals surface area contributed by atoms with Gasteiger partial charge in [0.1, 0.15) is 0 Å². The van der Waals surface area contributed by atoms with Crippen molar-refractivity contribution in [3.8, 4) is 6.07 Å². The lowest BCUT2D eigenvalue weighted by Crippen LogP contribution is -2.13. The average Bonchev–Trinajstić information content (AvgIpc) is 3.05. The predicted octanol–water partition coefficient (Wildman–Crippen LogP) is 4.46. The second-order valence-corrected chi connectivity index (χ2v) is 6.95. The zero-order chi connectivity index (χ0) is 21.5. The number of benzene rings is 2. The van der Waals surface area contributed by atoms with Gasteiger partial charge < -0.3 is 9.30 Å². The van der Waals surface area contributed by atoms with Crippen LogP contribution in [0.5, 0.6) is 0 Å². The van der Waals surface area contributed by atoms with Crippen molar-refractivity contribution in [1.82, 2.24) is 4.57 Å². The molecule has 0 aliphatic carbocycles. The molecule has 5 heteroatoms. The summed E-state index contributed by atoms with van der Waals surface area (Å²) in [5.41, 5.74) is 4.86. The molecule has 0 radical (unpaired) electrons. The third-order valence-electron chi connectivity index (χ3n) is 4.85. The van der Waals surface area contributed by atoms with E-state index < -0.39 is 5.97 Å². The first-order valence-electron chi connectivity index (χ1n) is 9.57. The van der Waals surface area contributed by atoms with Gasteiger partial charge in [-0.05, 0) is 49.2 Å². The lowest BCUT2D eigenvalue weighted by atomic mass is 10.1. The van der Waals surface area contributed by atoms with Gasteiger partial charge >= 0.3 is 5.97 Å². The highest BCUT2D eigenvalue weighted by Gasteiger charge is 2.17. The summed E-state index contributed by atoms with van der Waals surface area (Å²) in [5, 5.41) is 8.80. The van der Waals surface area contributed by atoms with Gasteiger partial charge in [-0.2, -0.15) is 5.26 Å². The number of Topliss-reactive ketones (excluding diaryl/α,β-unsaturated/α-hetero) is 1. The molecule has 0 bridgehead atoms. The number of ether oxygens (including phenoxy) is 1. The Labute approximate surface area is 175 Å². The molecule has 0 unspecified atom stereocenters. The van der Waals surface area contributed by atoms with Crippen molar-refractivity contribution in [1.29, 1.82) is 5.26 Å². The van der Waals surface area contributed by atoms with Crippen molar-refractivity contribution in [3.63, 3.8) is 0 Å². The van der Waals surface area contributed by atoms with Crippen LogP contribution in [0.15, 0.2) is 66.7 Å². The molecule has 0 N–H and O–H groups in total. The lowest BCUT2D eigenvalue weighted by molar-refractivity contribution is -0.136. The van der Waals surface area contributed by atoms with E-state index in [1.807, 2.05) is 56.3 Å². The smallest absolute Gasteiger partial charge is 0.331 e. The maximum absolute atomic E-state index is 12.6. The topological polar surface area (TPSA) is 72.1 Å². The second-order valence-electron chi connectivity index (χ2n) is 6.95. The van der Waals surface area contributed by atoms with Gasteiger partial charge in [0, 0.05) is 29.6 Å². The van der Waals surface area contributed by atoms with Crippen LogP contribution in [0.3, 0.4) is 0 Å². The molecule has 5 nitrogen and oxygen atoms in total. The number of nitrogens with zero attached hydrogens (tertiary/aromatic N) is 2. The molecule has 0 saturated heterocycles. The minimum atomic E-state index is -0.592. The van der Waals surface area contributed by atoms with Crippen molar-refractivity contribution >= 4 is 17.8 Å². The molecular weight excluding hydrogens is 376 g/mol. The molecule has 30 heavy (non-hydrogen) atoms. The fourth-order valence-electron chi connectivity index (χ4n) is 3.19. The van der Waals surface area contributed by atoms with Gasteiger partial charge in [-0.1, -0.05) is 42.5 Å². The number of hydrogen-bond acceptors (Lipinski definition) is 4. The van der Waals surface area contributed by atoms with Crippen LogP contribution < -0.4 is 0 Å². The Morgan fingerprint density at radius 1 is 1.07 bits per heavy atom. The Bertz CT molecular complexity index is 1120. The number of hydrogen-bond donors (Lipinski definition) is 0. The van der Waals surface area contributed by atoms with E-state index in [0.717, 1.165) is 22.5 Å². The van der Waals surface area contributed by atoms with Crippen molar-refractivity contribution in [3.05, 3.63) is 100 Å².